The van der Waals surface area contributed by atoms with Gasteiger partial charge < -0.3 is 9.47 Å². The molecule has 0 bridgehead atoms. The highest BCUT2D eigenvalue weighted by atomic mass is 16.7. The summed E-state index contributed by atoms with van der Waals surface area (Å²) in [6, 6.07) is 17.5. The lowest BCUT2D eigenvalue weighted by Gasteiger charge is -2.06. The molecule has 5 heteroatoms. The Bertz CT molecular complexity index is 659. The minimum Gasteiger partial charge on any atom is -0.429 e. The van der Waals surface area contributed by atoms with Crippen LogP contribution in [0.1, 0.15) is 22.3 Å². The number of ether oxygens (including phenoxy) is 2. The second-order valence-electron chi connectivity index (χ2n) is 4.44. The number of benzene rings is 2. The summed E-state index contributed by atoms with van der Waals surface area (Å²) in [5.74, 6) is 0. The molecular formula is C17H12N2O3. The first-order valence-corrected chi connectivity index (χ1v) is 6.49. The number of nitriles is 2. The van der Waals surface area contributed by atoms with Crippen molar-refractivity contribution in [3.8, 4) is 12.1 Å². The molecule has 22 heavy (non-hydrogen) atoms. The maximum Gasteiger partial charge on any atom is 0.508 e. The van der Waals surface area contributed by atoms with E-state index in [1.54, 1.807) is 48.5 Å². The van der Waals surface area contributed by atoms with Crippen LogP contribution >= 0.6 is 0 Å². The summed E-state index contributed by atoms with van der Waals surface area (Å²) in [6.45, 7) is 0.163. The third-order valence-electron chi connectivity index (χ3n) is 2.88. The van der Waals surface area contributed by atoms with Crippen molar-refractivity contribution in [1.29, 1.82) is 10.5 Å². The Labute approximate surface area is 127 Å². The molecule has 0 aliphatic heterocycles. The summed E-state index contributed by atoms with van der Waals surface area (Å²) in [5, 5.41) is 17.4. The van der Waals surface area contributed by atoms with Crippen molar-refractivity contribution in [3.63, 3.8) is 0 Å². The van der Waals surface area contributed by atoms with Gasteiger partial charge in [-0.25, -0.2) is 4.79 Å². The number of rotatable bonds is 4. The van der Waals surface area contributed by atoms with Crippen LogP contribution in [0.3, 0.4) is 0 Å². The fourth-order valence-electron chi connectivity index (χ4n) is 1.68. The highest BCUT2D eigenvalue weighted by molar-refractivity contribution is 5.60. The van der Waals surface area contributed by atoms with Crippen LogP contribution in [0.2, 0.25) is 0 Å². The van der Waals surface area contributed by atoms with E-state index in [9.17, 15) is 4.79 Å². The molecule has 2 rings (SSSR count). The number of carbonyl (C=O) groups is 1. The van der Waals surface area contributed by atoms with E-state index in [-0.39, 0.29) is 13.2 Å². The molecule has 0 saturated carbocycles. The summed E-state index contributed by atoms with van der Waals surface area (Å²) >= 11 is 0. The molecule has 0 saturated heterocycles. The molecular weight excluding hydrogens is 280 g/mol. The van der Waals surface area contributed by atoms with Gasteiger partial charge in [0.1, 0.15) is 13.2 Å². The van der Waals surface area contributed by atoms with Crippen molar-refractivity contribution in [3.05, 3.63) is 70.8 Å². The van der Waals surface area contributed by atoms with E-state index < -0.39 is 6.16 Å². The topological polar surface area (TPSA) is 83.1 Å². The fraction of sp³-hybridized carbons (Fsp3) is 0.118. The number of hydrogen-bond acceptors (Lipinski definition) is 5. The van der Waals surface area contributed by atoms with Gasteiger partial charge in [-0.05, 0) is 35.4 Å². The van der Waals surface area contributed by atoms with Gasteiger partial charge in [-0.2, -0.15) is 10.5 Å². The Kier molecular flexibility index (Phi) is 5.12. The van der Waals surface area contributed by atoms with Gasteiger partial charge in [-0.15, -0.1) is 0 Å². The molecule has 0 spiro atoms. The summed E-state index contributed by atoms with van der Waals surface area (Å²) in [5.41, 5.74) is 2.64. The van der Waals surface area contributed by atoms with Crippen LogP contribution < -0.4 is 0 Å². The van der Waals surface area contributed by atoms with Crippen molar-refractivity contribution in [2.24, 2.45) is 0 Å². The van der Waals surface area contributed by atoms with E-state index >= 15 is 0 Å². The first-order chi connectivity index (χ1) is 10.7. The molecule has 0 N–H and O–H groups in total. The summed E-state index contributed by atoms with van der Waals surface area (Å²) < 4.78 is 9.94. The van der Waals surface area contributed by atoms with Crippen molar-refractivity contribution < 1.29 is 14.3 Å². The zero-order valence-corrected chi connectivity index (χ0v) is 11.7. The predicted octanol–water partition coefficient (Wildman–Crippen LogP) is 3.28. The van der Waals surface area contributed by atoms with E-state index in [2.05, 4.69) is 0 Å². The monoisotopic (exact) mass is 292 g/mol. The fourth-order valence-corrected chi connectivity index (χ4v) is 1.68. The minimum atomic E-state index is -0.770. The maximum atomic E-state index is 11.5. The van der Waals surface area contributed by atoms with Gasteiger partial charge in [0.25, 0.3) is 0 Å². The SMILES string of the molecule is N#Cc1ccc(COC(=O)OCc2ccc(C#N)cc2)cc1. The largest absolute Gasteiger partial charge is 0.508 e. The lowest BCUT2D eigenvalue weighted by atomic mass is 10.2. The van der Waals surface area contributed by atoms with E-state index in [0.717, 1.165) is 11.1 Å². The molecule has 0 amide bonds. The highest BCUT2D eigenvalue weighted by Crippen LogP contribution is 2.08. The lowest BCUT2D eigenvalue weighted by molar-refractivity contribution is 0.0446. The molecule has 0 atom stereocenters. The number of nitrogens with zero attached hydrogens (tertiary/aromatic N) is 2. The Hall–Kier alpha value is -3.31. The van der Waals surface area contributed by atoms with E-state index in [4.69, 9.17) is 20.0 Å². The Morgan fingerprint density at radius 3 is 1.45 bits per heavy atom. The number of hydrogen-bond donors (Lipinski definition) is 0. The smallest absolute Gasteiger partial charge is 0.429 e. The van der Waals surface area contributed by atoms with E-state index in [0.29, 0.717) is 11.1 Å². The molecule has 0 aliphatic rings. The van der Waals surface area contributed by atoms with Crippen LogP contribution in [0, 0.1) is 22.7 Å². The van der Waals surface area contributed by atoms with Crippen molar-refractivity contribution >= 4 is 6.16 Å². The van der Waals surface area contributed by atoms with Gasteiger partial charge in [0.2, 0.25) is 0 Å². The predicted molar refractivity (Wildman–Crippen MR) is 77.3 cm³/mol. The van der Waals surface area contributed by atoms with Gasteiger partial charge in [-0.3, -0.25) is 0 Å². The van der Waals surface area contributed by atoms with Crippen LogP contribution in [-0.4, -0.2) is 6.16 Å². The summed E-state index contributed by atoms with van der Waals surface area (Å²) in [4.78, 5) is 11.5. The van der Waals surface area contributed by atoms with Crippen molar-refractivity contribution in [2.45, 2.75) is 13.2 Å². The first-order valence-electron chi connectivity index (χ1n) is 6.49. The standard InChI is InChI=1S/C17H12N2O3/c18-9-13-1-5-15(6-2-13)11-21-17(20)22-12-16-7-3-14(10-19)4-8-16/h1-8H,11-12H2. The van der Waals surface area contributed by atoms with Gasteiger partial charge in [0.15, 0.2) is 0 Å². The molecule has 0 radical (unpaired) electrons. The third kappa shape index (κ3) is 4.36. The second kappa shape index (κ2) is 7.47. The van der Waals surface area contributed by atoms with Gasteiger partial charge >= 0.3 is 6.16 Å². The maximum absolute atomic E-state index is 11.5. The van der Waals surface area contributed by atoms with E-state index in [1.165, 1.54) is 0 Å². The molecule has 0 heterocycles. The van der Waals surface area contributed by atoms with Crippen LogP contribution in [-0.2, 0) is 22.7 Å². The average Bonchev–Trinajstić information content (AvgIpc) is 2.59. The van der Waals surface area contributed by atoms with Crippen LogP contribution in [0.25, 0.3) is 0 Å². The van der Waals surface area contributed by atoms with Crippen LogP contribution in [0.4, 0.5) is 4.79 Å². The first kappa shape index (κ1) is 15.1. The second-order valence-corrected chi connectivity index (χ2v) is 4.44. The van der Waals surface area contributed by atoms with Crippen LogP contribution in [0.5, 0.6) is 0 Å². The van der Waals surface area contributed by atoms with E-state index in [1.807, 2.05) is 12.1 Å². The van der Waals surface area contributed by atoms with Gasteiger partial charge in [-0.1, -0.05) is 24.3 Å². The quantitative estimate of drug-likeness (QED) is 0.807. The normalized spacial score (nSPS) is 9.36. The zero-order chi connectivity index (χ0) is 15.8. The summed E-state index contributed by atoms with van der Waals surface area (Å²) in [7, 11) is 0. The molecule has 0 unspecified atom stereocenters. The third-order valence-corrected chi connectivity index (χ3v) is 2.88. The van der Waals surface area contributed by atoms with Gasteiger partial charge in [0.05, 0.1) is 23.3 Å². The molecule has 0 aromatic heterocycles. The molecule has 5 nitrogen and oxygen atoms in total. The summed E-state index contributed by atoms with van der Waals surface area (Å²) in [6.07, 6.45) is -0.770. The van der Waals surface area contributed by atoms with Crippen molar-refractivity contribution in [2.75, 3.05) is 0 Å². The lowest BCUT2D eigenvalue weighted by Crippen LogP contribution is -2.07. The Morgan fingerprint density at radius 2 is 1.14 bits per heavy atom. The highest BCUT2D eigenvalue weighted by Gasteiger charge is 2.05. The molecule has 108 valence electrons. The number of carbonyl (C=O) groups excluding carboxylic acids is 1. The Balaban J connectivity index is 1.77. The minimum absolute atomic E-state index is 0.0813. The molecule has 0 aliphatic carbocycles. The zero-order valence-electron chi connectivity index (χ0n) is 11.7. The van der Waals surface area contributed by atoms with Crippen molar-refractivity contribution in [1.82, 2.24) is 0 Å². The molecule has 2 aromatic rings. The van der Waals surface area contributed by atoms with Gasteiger partial charge in [0, 0.05) is 0 Å². The Morgan fingerprint density at radius 1 is 0.773 bits per heavy atom. The van der Waals surface area contributed by atoms with Crippen LogP contribution in [0.15, 0.2) is 48.5 Å². The average molecular weight is 292 g/mol. The molecule has 0 fully saturated rings. The molecule has 2 aromatic carbocycles.